The van der Waals surface area contributed by atoms with Gasteiger partial charge in [0.15, 0.2) is 15.7 Å². The highest BCUT2D eigenvalue weighted by Gasteiger charge is 2.37. The molecule has 2 aromatic heterocycles. The lowest BCUT2D eigenvalue weighted by molar-refractivity contribution is -0.133. The van der Waals surface area contributed by atoms with Crippen molar-refractivity contribution in [1.82, 2.24) is 19.8 Å². The molecule has 11 heteroatoms. The van der Waals surface area contributed by atoms with Gasteiger partial charge in [-0.15, -0.1) is 0 Å². The molecule has 10 nitrogen and oxygen atoms in total. The Balaban J connectivity index is 1.47. The fourth-order valence-electron chi connectivity index (χ4n) is 3.64. The van der Waals surface area contributed by atoms with Crippen LogP contribution in [0, 0.1) is 13.8 Å². The smallest absolute Gasteiger partial charge is 0.271 e. The molecule has 1 unspecified atom stereocenters. The first kappa shape index (κ1) is 20.2. The van der Waals surface area contributed by atoms with Crippen LogP contribution in [0.2, 0.25) is 0 Å². The highest BCUT2D eigenvalue weighted by molar-refractivity contribution is 7.91. The maximum atomic E-state index is 12.6. The third kappa shape index (κ3) is 4.11. The highest BCUT2D eigenvalue weighted by Crippen LogP contribution is 2.22. The highest BCUT2D eigenvalue weighted by atomic mass is 32.2. The number of nitrogens with one attached hydrogen (secondary N) is 1. The van der Waals surface area contributed by atoms with Gasteiger partial charge in [-0.3, -0.25) is 9.59 Å². The summed E-state index contributed by atoms with van der Waals surface area (Å²) in [4.78, 5) is 29.2. The minimum atomic E-state index is -3.16. The molecule has 2 aliphatic rings. The van der Waals surface area contributed by atoms with E-state index in [2.05, 4.69) is 20.5 Å². The van der Waals surface area contributed by atoms with Crippen molar-refractivity contribution in [3.8, 4) is 5.82 Å². The number of pyridine rings is 1. The average molecular weight is 430 g/mol. The molecule has 0 bridgehead atoms. The molecule has 158 valence electrons. The van der Waals surface area contributed by atoms with Gasteiger partial charge in [-0.25, -0.2) is 23.1 Å². The monoisotopic (exact) mass is 430 g/mol. The quantitative estimate of drug-likeness (QED) is 0.771. The minimum Gasteiger partial charge on any atom is -0.319 e. The van der Waals surface area contributed by atoms with Gasteiger partial charge in [-0.2, -0.15) is 10.2 Å². The first-order chi connectivity index (χ1) is 14.2. The van der Waals surface area contributed by atoms with E-state index in [-0.39, 0.29) is 36.0 Å². The van der Waals surface area contributed by atoms with Crippen LogP contribution in [-0.4, -0.2) is 63.3 Å². The Kier molecular flexibility index (Phi) is 5.14. The largest absolute Gasteiger partial charge is 0.319 e. The number of amides is 2. The Hall–Kier alpha value is -3.08. The van der Waals surface area contributed by atoms with Gasteiger partial charge in [0.1, 0.15) is 5.71 Å². The molecule has 1 atom stereocenters. The van der Waals surface area contributed by atoms with Crippen molar-refractivity contribution in [2.75, 3.05) is 16.8 Å². The Morgan fingerprint density at radius 2 is 2.03 bits per heavy atom. The van der Waals surface area contributed by atoms with E-state index in [1.807, 2.05) is 19.9 Å². The molecule has 0 aliphatic carbocycles. The molecule has 1 fully saturated rings. The van der Waals surface area contributed by atoms with Crippen LogP contribution in [0.15, 0.2) is 29.5 Å². The maximum Gasteiger partial charge on any atom is 0.271 e. The predicted octanol–water partition coefficient (Wildman–Crippen LogP) is 0.988. The van der Waals surface area contributed by atoms with Crippen molar-refractivity contribution in [3.63, 3.8) is 0 Å². The van der Waals surface area contributed by atoms with Crippen molar-refractivity contribution in [2.45, 2.75) is 39.2 Å². The summed E-state index contributed by atoms with van der Waals surface area (Å²) in [6.45, 7) is 3.83. The molecule has 1 saturated heterocycles. The van der Waals surface area contributed by atoms with E-state index in [0.29, 0.717) is 17.9 Å². The first-order valence-electron chi connectivity index (χ1n) is 9.63. The second-order valence-corrected chi connectivity index (χ2v) is 9.77. The van der Waals surface area contributed by atoms with E-state index in [9.17, 15) is 18.0 Å². The second-order valence-electron chi connectivity index (χ2n) is 7.54. The molecule has 0 spiro atoms. The first-order valence-corrected chi connectivity index (χ1v) is 11.4. The molecule has 0 aromatic carbocycles. The van der Waals surface area contributed by atoms with Crippen LogP contribution in [0.5, 0.6) is 0 Å². The number of carbonyl (C=O) groups excluding carboxylic acids is 2. The zero-order chi connectivity index (χ0) is 21.5. The van der Waals surface area contributed by atoms with Crippen LogP contribution < -0.4 is 5.32 Å². The summed E-state index contributed by atoms with van der Waals surface area (Å²) in [5.74, 6) is -0.146. The van der Waals surface area contributed by atoms with Gasteiger partial charge in [0.25, 0.3) is 5.91 Å². The van der Waals surface area contributed by atoms with E-state index < -0.39 is 21.8 Å². The SMILES string of the molecule is Cc1cc(C)n(-c2ccc(NC(=O)C3=NN(C4CCS(=O)(=O)C4)C(=O)CC3)cn2)n1. The number of nitrogens with zero attached hydrogens (tertiary/aromatic N) is 5. The van der Waals surface area contributed by atoms with Crippen LogP contribution >= 0.6 is 0 Å². The van der Waals surface area contributed by atoms with Crippen molar-refractivity contribution >= 4 is 33.1 Å². The lowest BCUT2D eigenvalue weighted by Crippen LogP contribution is -2.42. The molecular formula is C19H22N6O4S. The summed E-state index contributed by atoms with van der Waals surface area (Å²) in [5, 5.41) is 12.5. The van der Waals surface area contributed by atoms with Crippen molar-refractivity contribution in [3.05, 3.63) is 35.8 Å². The van der Waals surface area contributed by atoms with E-state index >= 15 is 0 Å². The lowest BCUT2D eigenvalue weighted by atomic mass is 10.1. The summed E-state index contributed by atoms with van der Waals surface area (Å²) in [6.07, 6.45) is 2.19. The molecule has 2 aromatic rings. The number of aromatic nitrogens is 3. The lowest BCUT2D eigenvalue weighted by Gasteiger charge is -2.27. The number of hydrazone groups is 1. The molecule has 4 rings (SSSR count). The molecule has 1 N–H and O–H groups in total. The Morgan fingerprint density at radius 1 is 1.23 bits per heavy atom. The standard InChI is InChI=1S/C19H22N6O4S/c1-12-9-13(2)24(22-12)17-5-3-14(10-20-17)21-19(27)16-4-6-18(26)25(23-16)15-7-8-30(28,29)11-15/h3,5,9-10,15H,4,6-8,11H2,1-2H3,(H,21,27). The number of sulfone groups is 1. The number of anilines is 1. The Bertz CT molecular complexity index is 1140. The summed E-state index contributed by atoms with van der Waals surface area (Å²) in [5.41, 5.74) is 2.52. The van der Waals surface area contributed by atoms with Gasteiger partial charge in [0.2, 0.25) is 5.91 Å². The van der Waals surface area contributed by atoms with E-state index in [0.717, 1.165) is 11.4 Å². The summed E-state index contributed by atoms with van der Waals surface area (Å²) < 4.78 is 25.2. The fourth-order valence-corrected chi connectivity index (χ4v) is 5.33. The predicted molar refractivity (Wildman–Crippen MR) is 110 cm³/mol. The average Bonchev–Trinajstić information content (AvgIpc) is 3.23. The summed E-state index contributed by atoms with van der Waals surface area (Å²) >= 11 is 0. The molecule has 30 heavy (non-hydrogen) atoms. The number of hydrogen-bond acceptors (Lipinski definition) is 7. The molecule has 2 aliphatic heterocycles. The minimum absolute atomic E-state index is 0.0335. The van der Waals surface area contributed by atoms with Gasteiger partial charge < -0.3 is 5.32 Å². The third-order valence-electron chi connectivity index (χ3n) is 5.11. The normalized spacial score (nSPS) is 20.9. The van der Waals surface area contributed by atoms with E-state index in [4.69, 9.17) is 0 Å². The van der Waals surface area contributed by atoms with Crippen LogP contribution in [0.25, 0.3) is 5.82 Å². The topological polar surface area (TPSA) is 127 Å². The van der Waals surface area contributed by atoms with Crippen LogP contribution in [-0.2, 0) is 19.4 Å². The van der Waals surface area contributed by atoms with Crippen molar-refractivity contribution in [1.29, 1.82) is 0 Å². The number of hydrogen-bond donors (Lipinski definition) is 1. The van der Waals surface area contributed by atoms with Crippen molar-refractivity contribution < 1.29 is 18.0 Å². The van der Waals surface area contributed by atoms with E-state index in [1.165, 1.54) is 11.2 Å². The fraction of sp³-hybridized carbons (Fsp3) is 0.421. The van der Waals surface area contributed by atoms with Gasteiger partial charge in [0, 0.05) is 18.5 Å². The van der Waals surface area contributed by atoms with Gasteiger partial charge >= 0.3 is 0 Å². The second kappa shape index (κ2) is 7.63. The van der Waals surface area contributed by atoms with Gasteiger partial charge in [0.05, 0.1) is 35.1 Å². The van der Waals surface area contributed by atoms with E-state index in [1.54, 1.807) is 16.8 Å². The summed E-state index contributed by atoms with van der Waals surface area (Å²) in [7, 11) is -3.16. The molecule has 0 radical (unpaired) electrons. The zero-order valence-corrected chi connectivity index (χ0v) is 17.5. The third-order valence-corrected chi connectivity index (χ3v) is 6.86. The molecule has 0 saturated carbocycles. The van der Waals surface area contributed by atoms with Gasteiger partial charge in [-0.05, 0) is 38.5 Å². The number of aryl methyl sites for hydroxylation is 2. The summed E-state index contributed by atoms with van der Waals surface area (Å²) in [6, 6.07) is 4.90. The van der Waals surface area contributed by atoms with Crippen LogP contribution in [0.1, 0.15) is 30.7 Å². The Morgan fingerprint density at radius 3 is 2.63 bits per heavy atom. The molecular weight excluding hydrogens is 408 g/mol. The van der Waals surface area contributed by atoms with Crippen LogP contribution in [0.4, 0.5) is 5.69 Å². The maximum absolute atomic E-state index is 12.6. The molecule has 4 heterocycles. The Labute approximate surface area is 173 Å². The number of rotatable bonds is 4. The van der Waals surface area contributed by atoms with Gasteiger partial charge in [-0.1, -0.05) is 0 Å². The molecule has 2 amide bonds. The number of carbonyl (C=O) groups is 2. The van der Waals surface area contributed by atoms with Crippen molar-refractivity contribution in [2.24, 2.45) is 5.10 Å². The van der Waals surface area contributed by atoms with Crippen LogP contribution in [0.3, 0.4) is 0 Å². The zero-order valence-electron chi connectivity index (χ0n) is 16.7.